The van der Waals surface area contributed by atoms with Crippen molar-refractivity contribution in [3.8, 4) is 11.5 Å². The van der Waals surface area contributed by atoms with E-state index in [0.29, 0.717) is 28.3 Å². The quantitative estimate of drug-likeness (QED) is 0.304. The number of anilines is 1. The number of sulfonamides is 1. The molecule has 0 saturated heterocycles. The third kappa shape index (κ3) is 5.65. The lowest BCUT2D eigenvalue weighted by Crippen LogP contribution is -2.39. The first-order valence-electron chi connectivity index (χ1n) is 9.29. The Bertz CT molecular complexity index is 1280. The number of hydrazone groups is 1. The van der Waals surface area contributed by atoms with Gasteiger partial charge in [-0.1, -0.05) is 17.7 Å². The fourth-order valence-electron chi connectivity index (χ4n) is 2.86. The van der Waals surface area contributed by atoms with Crippen LogP contribution >= 0.6 is 11.6 Å². The van der Waals surface area contributed by atoms with Crippen molar-refractivity contribution in [2.24, 2.45) is 5.10 Å². The van der Waals surface area contributed by atoms with E-state index in [1.165, 1.54) is 19.4 Å². The van der Waals surface area contributed by atoms with Crippen molar-refractivity contribution in [2.75, 3.05) is 31.3 Å². The van der Waals surface area contributed by atoms with Gasteiger partial charge < -0.3 is 9.47 Å². The maximum Gasteiger partial charge on any atom is 0.260 e. The summed E-state index contributed by atoms with van der Waals surface area (Å²) in [6.07, 6.45) is 2.35. The second kappa shape index (κ2) is 9.84. The number of benzene rings is 2. The lowest BCUT2D eigenvalue weighted by molar-refractivity contribution is -0.119. The molecule has 0 aliphatic heterocycles. The van der Waals surface area contributed by atoms with Gasteiger partial charge in [0.05, 0.1) is 37.9 Å². The van der Waals surface area contributed by atoms with Crippen molar-refractivity contribution in [3.63, 3.8) is 0 Å². The second-order valence-electron chi connectivity index (χ2n) is 6.69. The van der Waals surface area contributed by atoms with Gasteiger partial charge >= 0.3 is 0 Å². The van der Waals surface area contributed by atoms with Crippen LogP contribution in [0.1, 0.15) is 5.56 Å². The van der Waals surface area contributed by atoms with Crippen LogP contribution in [0, 0.1) is 0 Å². The topological polar surface area (TPSA) is 110 Å². The molecule has 3 rings (SSSR count). The predicted molar refractivity (Wildman–Crippen MR) is 124 cm³/mol. The van der Waals surface area contributed by atoms with Crippen LogP contribution in [0.25, 0.3) is 10.9 Å². The van der Waals surface area contributed by atoms with Crippen molar-refractivity contribution in [1.82, 2.24) is 10.4 Å². The number of aromatic nitrogens is 1. The molecule has 0 atom stereocenters. The maximum atomic E-state index is 12.4. The van der Waals surface area contributed by atoms with E-state index < -0.39 is 22.5 Å². The SMILES string of the molecule is COc1cccc(N(CC(=O)N/N=C\c2cc3ccc(OC)cc3nc2Cl)S(C)(=O)=O)c1. The summed E-state index contributed by atoms with van der Waals surface area (Å²) in [5.74, 6) is 0.482. The zero-order valence-electron chi connectivity index (χ0n) is 17.6. The molecule has 9 nitrogen and oxygen atoms in total. The summed E-state index contributed by atoms with van der Waals surface area (Å²) in [4.78, 5) is 16.7. The van der Waals surface area contributed by atoms with Gasteiger partial charge in [-0.25, -0.2) is 18.8 Å². The minimum Gasteiger partial charge on any atom is -0.497 e. The molecule has 11 heteroatoms. The fourth-order valence-corrected chi connectivity index (χ4v) is 3.91. The Kier molecular flexibility index (Phi) is 7.16. The number of pyridine rings is 1. The van der Waals surface area contributed by atoms with Gasteiger partial charge in [0.15, 0.2) is 0 Å². The summed E-state index contributed by atoms with van der Waals surface area (Å²) in [7, 11) is -0.700. The van der Waals surface area contributed by atoms with Crippen LogP contribution in [0.15, 0.2) is 53.6 Å². The molecular weight excluding hydrogens is 456 g/mol. The number of ether oxygens (including phenoxy) is 2. The van der Waals surface area contributed by atoms with Crippen molar-refractivity contribution in [2.45, 2.75) is 0 Å². The van der Waals surface area contributed by atoms with Crippen LogP contribution in [0.4, 0.5) is 5.69 Å². The van der Waals surface area contributed by atoms with Gasteiger partial charge in [-0.3, -0.25) is 9.10 Å². The molecule has 0 fully saturated rings. The molecule has 1 N–H and O–H groups in total. The summed E-state index contributed by atoms with van der Waals surface area (Å²) < 4.78 is 35.7. The lowest BCUT2D eigenvalue weighted by Gasteiger charge is -2.21. The fraction of sp³-hybridized carbons (Fsp3) is 0.190. The van der Waals surface area contributed by atoms with E-state index in [2.05, 4.69) is 15.5 Å². The Morgan fingerprint density at radius 3 is 2.56 bits per heavy atom. The minimum absolute atomic E-state index is 0.192. The molecule has 0 spiro atoms. The first kappa shape index (κ1) is 23.3. The Hall–Kier alpha value is -3.37. The van der Waals surface area contributed by atoms with E-state index in [-0.39, 0.29) is 5.15 Å². The molecule has 0 radical (unpaired) electrons. The van der Waals surface area contributed by atoms with E-state index in [1.807, 2.05) is 6.07 Å². The van der Waals surface area contributed by atoms with Gasteiger partial charge in [0.25, 0.3) is 5.91 Å². The number of fused-ring (bicyclic) bond motifs is 1. The number of methoxy groups -OCH3 is 2. The first-order chi connectivity index (χ1) is 15.2. The van der Waals surface area contributed by atoms with E-state index in [9.17, 15) is 13.2 Å². The number of hydrogen-bond donors (Lipinski definition) is 1. The van der Waals surface area contributed by atoms with Crippen molar-refractivity contribution >= 4 is 50.3 Å². The number of carbonyl (C=O) groups is 1. The predicted octanol–water partition coefficient (Wildman–Crippen LogP) is 2.82. The molecule has 1 heterocycles. The number of carbonyl (C=O) groups excluding carboxylic acids is 1. The van der Waals surface area contributed by atoms with Crippen LogP contribution in [0.5, 0.6) is 11.5 Å². The van der Waals surface area contributed by atoms with Gasteiger partial charge in [-0.2, -0.15) is 5.10 Å². The van der Waals surface area contributed by atoms with Crippen LogP contribution in [0.2, 0.25) is 5.15 Å². The Balaban J connectivity index is 1.74. The summed E-state index contributed by atoms with van der Waals surface area (Å²) in [5, 5.41) is 4.89. The Morgan fingerprint density at radius 2 is 1.88 bits per heavy atom. The Morgan fingerprint density at radius 1 is 1.16 bits per heavy atom. The lowest BCUT2D eigenvalue weighted by atomic mass is 10.1. The van der Waals surface area contributed by atoms with E-state index in [4.69, 9.17) is 21.1 Å². The van der Waals surface area contributed by atoms with Gasteiger partial charge in [-0.05, 0) is 30.3 Å². The van der Waals surface area contributed by atoms with Crippen molar-refractivity contribution < 1.29 is 22.7 Å². The molecular formula is C21H21ClN4O5S. The average molecular weight is 477 g/mol. The van der Waals surface area contributed by atoms with Crippen LogP contribution in [-0.4, -0.2) is 52.5 Å². The highest BCUT2D eigenvalue weighted by atomic mass is 35.5. The van der Waals surface area contributed by atoms with Gasteiger partial charge in [0.1, 0.15) is 23.2 Å². The van der Waals surface area contributed by atoms with E-state index >= 15 is 0 Å². The smallest absolute Gasteiger partial charge is 0.260 e. The number of nitrogens with zero attached hydrogens (tertiary/aromatic N) is 3. The Labute approximate surface area is 190 Å². The molecule has 1 amide bonds. The summed E-state index contributed by atoms with van der Waals surface area (Å²) in [6, 6.07) is 13.5. The number of halogens is 1. The zero-order valence-corrected chi connectivity index (χ0v) is 19.1. The summed E-state index contributed by atoms with van der Waals surface area (Å²) >= 11 is 6.21. The standard InChI is InChI=1S/C21H21ClN4O5S/c1-30-17-6-4-5-16(10-17)26(32(3,28)29)13-20(27)25-23-12-15-9-14-7-8-18(31-2)11-19(14)24-21(15)22/h4-12H,13H2,1-3H3,(H,25,27)/b23-12-. The number of amides is 1. The summed E-state index contributed by atoms with van der Waals surface area (Å²) in [6.45, 7) is -0.465. The maximum absolute atomic E-state index is 12.4. The zero-order chi connectivity index (χ0) is 23.3. The molecule has 3 aromatic rings. The molecule has 0 aliphatic carbocycles. The van der Waals surface area contributed by atoms with E-state index in [0.717, 1.165) is 15.9 Å². The number of nitrogens with one attached hydrogen (secondary N) is 1. The highest BCUT2D eigenvalue weighted by Gasteiger charge is 2.21. The van der Waals surface area contributed by atoms with Gasteiger partial charge in [-0.15, -0.1) is 0 Å². The second-order valence-corrected chi connectivity index (χ2v) is 8.96. The van der Waals surface area contributed by atoms with Crippen molar-refractivity contribution in [1.29, 1.82) is 0 Å². The molecule has 0 bridgehead atoms. The average Bonchev–Trinajstić information content (AvgIpc) is 2.76. The highest BCUT2D eigenvalue weighted by molar-refractivity contribution is 7.92. The summed E-state index contributed by atoms with van der Waals surface area (Å²) in [5.41, 5.74) is 3.74. The van der Waals surface area contributed by atoms with Crippen LogP contribution < -0.4 is 19.2 Å². The molecule has 32 heavy (non-hydrogen) atoms. The van der Waals surface area contributed by atoms with Crippen LogP contribution in [0.3, 0.4) is 0 Å². The molecule has 1 aromatic heterocycles. The van der Waals surface area contributed by atoms with Crippen molar-refractivity contribution in [3.05, 3.63) is 59.2 Å². The monoisotopic (exact) mass is 476 g/mol. The first-order valence-corrected chi connectivity index (χ1v) is 11.5. The van der Waals surface area contributed by atoms with Gasteiger partial charge in [0.2, 0.25) is 10.0 Å². The molecule has 168 valence electrons. The third-order valence-corrected chi connectivity index (χ3v) is 5.87. The molecule has 0 saturated carbocycles. The minimum atomic E-state index is -3.73. The highest BCUT2D eigenvalue weighted by Crippen LogP contribution is 2.24. The largest absolute Gasteiger partial charge is 0.497 e. The van der Waals surface area contributed by atoms with Crippen LogP contribution in [-0.2, 0) is 14.8 Å². The number of rotatable bonds is 8. The third-order valence-electron chi connectivity index (χ3n) is 4.43. The molecule has 0 unspecified atom stereocenters. The number of hydrogen-bond acceptors (Lipinski definition) is 7. The molecule has 0 aliphatic rings. The molecule has 2 aromatic carbocycles. The normalized spacial score (nSPS) is 11.5. The van der Waals surface area contributed by atoms with E-state index in [1.54, 1.807) is 43.5 Å². The van der Waals surface area contributed by atoms with Gasteiger partial charge in [0, 0.05) is 23.1 Å².